The first-order chi connectivity index (χ1) is 10.1. The highest BCUT2D eigenvalue weighted by Gasteiger charge is 2.40. The molecule has 0 unspecified atom stereocenters. The van der Waals surface area contributed by atoms with Crippen molar-refractivity contribution < 1.29 is 13.5 Å². The zero-order valence-corrected chi connectivity index (χ0v) is 13.0. The minimum Gasteiger partial charge on any atom is -0.463 e. The largest absolute Gasteiger partial charge is 0.463 e. The van der Waals surface area contributed by atoms with Gasteiger partial charge >= 0.3 is 6.01 Å². The number of hydrogen-bond acceptors (Lipinski definition) is 7. The Balaban J connectivity index is 2.28. The maximum atomic E-state index is 13.4. The Kier molecular flexibility index (Phi) is 4.28. The zero-order chi connectivity index (χ0) is 16.5. The van der Waals surface area contributed by atoms with Crippen LogP contribution in [0.4, 0.5) is 26.1 Å². The fraction of sp³-hybridized carbons (Fsp3) is 0.692. The van der Waals surface area contributed by atoms with E-state index < -0.39 is 12.5 Å². The molecule has 9 heteroatoms. The van der Waals surface area contributed by atoms with E-state index in [4.69, 9.17) is 16.3 Å². The predicted octanol–water partition coefficient (Wildman–Crippen LogP) is 1.61. The molecule has 0 radical (unpaired) electrons. The molecular formula is C13H22F2N6O. The summed E-state index contributed by atoms with van der Waals surface area (Å²) in [6, 6.07) is 0.0577. The predicted molar refractivity (Wildman–Crippen MR) is 81.0 cm³/mol. The number of hydrogen-bond donors (Lipinski definition) is 3. The minimum atomic E-state index is -2.75. The lowest BCUT2D eigenvalue weighted by molar-refractivity contribution is 0.0256. The number of aromatic nitrogens is 2. The fourth-order valence-corrected chi connectivity index (χ4v) is 2.05. The molecular weight excluding hydrogens is 294 g/mol. The number of nitrogens with two attached hydrogens (primary N) is 2. The van der Waals surface area contributed by atoms with Crippen molar-refractivity contribution in [1.82, 2.24) is 9.97 Å². The van der Waals surface area contributed by atoms with E-state index in [1.807, 2.05) is 20.8 Å². The zero-order valence-electron chi connectivity index (χ0n) is 13.0. The maximum Gasteiger partial charge on any atom is 0.320 e. The number of alkyl halides is 2. The summed E-state index contributed by atoms with van der Waals surface area (Å²) in [5.74, 6) is 3.00. The van der Waals surface area contributed by atoms with Crippen LogP contribution in [0.15, 0.2) is 0 Å². The van der Waals surface area contributed by atoms with Crippen molar-refractivity contribution >= 4 is 17.3 Å². The third-order valence-corrected chi connectivity index (χ3v) is 3.15. The first-order valence-electron chi connectivity index (χ1n) is 7.01. The van der Waals surface area contributed by atoms with E-state index in [9.17, 15) is 8.78 Å². The normalized spacial score (nSPS) is 17.6. The van der Waals surface area contributed by atoms with E-state index >= 15 is 0 Å². The lowest BCUT2D eigenvalue weighted by atomic mass is 9.99. The van der Waals surface area contributed by atoms with Gasteiger partial charge in [0.1, 0.15) is 5.69 Å². The van der Waals surface area contributed by atoms with Crippen LogP contribution in [0.1, 0.15) is 27.2 Å². The number of nitrogen functional groups attached to an aromatic ring is 2. The molecule has 124 valence electrons. The van der Waals surface area contributed by atoms with E-state index in [1.54, 1.807) is 0 Å². The van der Waals surface area contributed by atoms with Crippen molar-refractivity contribution in [1.29, 1.82) is 0 Å². The molecule has 1 aliphatic rings. The number of halogens is 2. The average Bonchev–Trinajstić information content (AvgIpc) is 2.76. The van der Waals surface area contributed by atoms with Crippen LogP contribution >= 0.6 is 0 Å². The Bertz CT molecular complexity index is 546. The quantitative estimate of drug-likeness (QED) is 0.573. The molecule has 0 bridgehead atoms. The van der Waals surface area contributed by atoms with Crippen molar-refractivity contribution in [3.05, 3.63) is 0 Å². The van der Waals surface area contributed by atoms with E-state index in [2.05, 4.69) is 15.4 Å². The van der Waals surface area contributed by atoms with Crippen molar-refractivity contribution in [2.24, 2.45) is 11.3 Å². The summed E-state index contributed by atoms with van der Waals surface area (Å²) in [4.78, 5) is 9.64. The molecule has 1 aromatic rings. The molecule has 1 aromatic heterocycles. The van der Waals surface area contributed by atoms with E-state index in [-0.39, 0.29) is 41.7 Å². The van der Waals surface area contributed by atoms with Crippen LogP contribution in [-0.2, 0) is 0 Å². The molecule has 0 amide bonds. The molecule has 1 aliphatic heterocycles. The van der Waals surface area contributed by atoms with Crippen LogP contribution in [0.2, 0.25) is 0 Å². The third kappa shape index (κ3) is 3.85. The number of anilines is 3. The summed E-state index contributed by atoms with van der Waals surface area (Å²) < 4.78 is 32.3. The Morgan fingerprint density at radius 1 is 1.36 bits per heavy atom. The number of nitrogens with zero attached hydrogens (tertiary/aromatic N) is 3. The molecule has 7 nitrogen and oxygen atoms in total. The number of nitrogens with one attached hydrogen (secondary N) is 1. The van der Waals surface area contributed by atoms with Gasteiger partial charge in [-0.15, -0.1) is 0 Å². The number of ether oxygens (including phenoxy) is 1. The second-order valence-electron chi connectivity index (χ2n) is 6.61. The van der Waals surface area contributed by atoms with Crippen LogP contribution in [0, 0.1) is 5.41 Å². The van der Waals surface area contributed by atoms with Gasteiger partial charge in [-0.05, 0) is 5.41 Å². The van der Waals surface area contributed by atoms with E-state index in [0.29, 0.717) is 6.61 Å². The summed E-state index contributed by atoms with van der Waals surface area (Å²) in [5, 5.41) is 0. The number of hydrazine groups is 1. The van der Waals surface area contributed by atoms with Gasteiger partial charge in [-0.1, -0.05) is 20.8 Å². The second kappa shape index (κ2) is 5.71. The Morgan fingerprint density at radius 2 is 2.05 bits per heavy atom. The molecule has 2 heterocycles. The fourth-order valence-electron chi connectivity index (χ4n) is 2.05. The summed E-state index contributed by atoms with van der Waals surface area (Å²) in [6.07, 6.45) is -0.236. The Hall–Kier alpha value is -1.90. The van der Waals surface area contributed by atoms with Gasteiger partial charge in [0.15, 0.2) is 11.6 Å². The van der Waals surface area contributed by atoms with Crippen molar-refractivity contribution in [2.45, 2.75) is 33.1 Å². The molecule has 0 spiro atoms. The van der Waals surface area contributed by atoms with Crippen molar-refractivity contribution in [3.63, 3.8) is 0 Å². The smallest absolute Gasteiger partial charge is 0.320 e. The SMILES string of the molecule is CC(C)(C)COc1nc(NN)c(N)c(N2CCC(F)(F)C2)n1. The molecule has 22 heavy (non-hydrogen) atoms. The highest BCUT2D eigenvalue weighted by Crippen LogP contribution is 2.35. The van der Waals surface area contributed by atoms with Gasteiger partial charge in [-0.3, -0.25) is 0 Å². The van der Waals surface area contributed by atoms with Gasteiger partial charge in [0.25, 0.3) is 5.92 Å². The average molecular weight is 316 g/mol. The summed E-state index contributed by atoms with van der Waals surface area (Å²) in [6.45, 7) is 6.08. The first-order valence-corrected chi connectivity index (χ1v) is 7.01. The van der Waals surface area contributed by atoms with Crippen LogP contribution in [0.3, 0.4) is 0 Å². The summed E-state index contributed by atoms with van der Waals surface area (Å²) in [5.41, 5.74) is 8.28. The lowest BCUT2D eigenvalue weighted by Crippen LogP contribution is -2.28. The molecule has 0 saturated carbocycles. The maximum absolute atomic E-state index is 13.4. The minimum absolute atomic E-state index is 0.0577. The van der Waals surface area contributed by atoms with Gasteiger partial charge in [0.05, 0.1) is 13.2 Å². The van der Waals surface area contributed by atoms with E-state index in [0.717, 1.165) is 0 Å². The Labute approximate surface area is 128 Å². The van der Waals surface area contributed by atoms with E-state index in [1.165, 1.54) is 4.90 Å². The molecule has 0 aromatic carbocycles. The van der Waals surface area contributed by atoms with Crippen LogP contribution in [0.5, 0.6) is 6.01 Å². The topological polar surface area (TPSA) is 102 Å². The molecule has 1 saturated heterocycles. The van der Waals surface area contributed by atoms with Crippen LogP contribution < -0.4 is 26.6 Å². The van der Waals surface area contributed by atoms with Gasteiger partial charge in [-0.2, -0.15) is 9.97 Å². The standard InChI is InChI=1S/C13H22F2N6O/c1-12(2,3)7-22-11-18-9(20-17)8(16)10(19-11)21-5-4-13(14,15)6-21/h4-7,16-17H2,1-3H3,(H,18,19,20). The van der Waals surface area contributed by atoms with Crippen LogP contribution in [-0.4, -0.2) is 35.6 Å². The lowest BCUT2D eigenvalue weighted by Gasteiger charge is -2.22. The van der Waals surface area contributed by atoms with Gasteiger partial charge in [0, 0.05) is 13.0 Å². The molecule has 0 atom stereocenters. The highest BCUT2D eigenvalue weighted by molar-refractivity contribution is 5.75. The molecule has 1 fully saturated rings. The molecule has 0 aliphatic carbocycles. The van der Waals surface area contributed by atoms with Crippen molar-refractivity contribution in [2.75, 3.05) is 35.8 Å². The van der Waals surface area contributed by atoms with Crippen molar-refractivity contribution in [3.8, 4) is 6.01 Å². The third-order valence-electron chi connectivity index (χ3n) is 3.15. The van der Waals surface area contributed by atoms with Crippen LogP contribution in [0.25, 0.3) is 0 Å². The first kappa shape index (κ1) is 16.5. The number of rotatable bonds is 4. The summed E-state index contributed by atoms with van der Waals surface area (Å²) in [7, 11) is 0. The van der Waals surface area contributed by atoms with Gasteiger partial charge in [0.2, 0.25) is 0 Å². The monoisotopic (exact) mass is 316 g/mol. The second-order valence-corrected chi connectivity index (χ2v) is 6.61. The van der Waals surface area contributed by atoms with Gasteiger partial charge in [-0.25, -0.2) is 14.6 Å². The Morgan fingerprint density at radius 3 is 2.55 bits per heavy atom. The summed E-state index contributed by atoms with van der Waals surface area (Å²) >= 11 is 0. The molecule has 5 N–H and O–H groups in total. The molecule has 2 rings (SSSR count). The van der Waals surface area contributed by atoms with Gasteiger partial charge < -0.3 is 20.8 Å². The highest BCUT2D eigenvalue weighted by atomic mass is 19.3.